The first kappa shape index (κ1) is 7.21. The van der Waals surface area contributed by atoms with Crippen LogP contribution in [-0.2, 0) is 0 Å². The van der Waals surface area contributed by atoms with Crippen molar-refractivity contribution in [3.05, 3.63) is 11.8 Å². The molecule has 0 aromatic carbocycles. The van der Waals surface area contributed by atoms with Crippen LogP contribution in [0.3, 0.4) is 0 Å². The zero-order chi connectivity index (χ0) is 6.41. The van der Waals surface area contributed by atoms with Gasteiger partial charge in [0, 0.05) is 26.0 Å². The second kappa shape index (κ2) is 4.37. The van der Waals surface area contributed by atoms with Crippen molar-refractivity contribution in [3.8, 4) is 0 Å². The Balaban J connectivity index is 3.57. The SMILES string of the molecule is C/N=C\C=C(\C)NC. The van der Waals surface area contributed by atoms with Gasteiger partial charge in [-0.25, -0.2) is 0 Å². The summed E-state index contributed by atoms with van der Waals surface area (Å²) >= 11 is 0. The maximum Gasteiger partial charge on any atom is 0.0277 e. The molecule has 8 heavy (non-hydrogen) atoms. The first-order chi connectivity index (χ1) is 3.81. The molecule has 2 nitrogen and oxygen atoms in total. The van der Waals surface area contributed by atoms with Gasteiger partial charge in [0.25, 0.3) is 0 Å². The molecule has 1 N–H and O–H groups in total. The van der Waals surface area contributed by atoms with Crippen LogP contribution >= 0.6 is 0 Å². The average molecular weight is 112 g/mol. The first-order valence-corrected chi connectivity index (χ1v) is 2.58. The van der Waals surface area contributed by atoms with Crippen molar-refractivity contribution in [2.45, 2.75) is 6.92 Å². The molecule has 0 unspecified atom stereocenters. The van der Waals surface area contributed by atoms with Crippen molar-refractivity contribution in [2.24, 2.45) is 4.99 Å². The van der Waals surface area contributed by atoms with Gasteiger partial charge in [0.15, 0.2) is 0 Å². The number of nitrogens with zero attached hydrogens (tertiary/aromatic N) is 1. The van der Waals surface area contributed by atoms with E-state index >= 15 is 0 Å². The van der Waals surface area contributed by atoms with Crippen molar-refractivity contribution in [1.82, 2.24) is 5.32 Å². The molecule has 0 radical (unpaired) electrons. The molecule has 0 amide bonds. The summed E-state index contributed by atoms with van der Waals surface area (Å²) in [7, 11) is 3.63. The fourth-order valence-corrected chi connectivity index (χ4v) is 0.270. The predicted molar refractivity (Wildman–Crippen MR) is 37.2 cm³/mol. The van der Waals surface area contributed by atoms with Crippen molar-refractivity contribution < 1.29 is 0 Å². The Bertz CT molecular complexity index is 103. The van der Waals surface area contributed by atoms with Crippen molar-refractivity contribution in [1.29, 1.82) is 0 Å². The van der Waals surface area contributed by atoms with Crippen LogP contribution in [0.1, 0.15) is 6.92 Å². The molecule has 0 fully saturated rings. The highest BCUT2D eigenvalue weighted by Gasteiger charge is 1.73. The number of nitrogens with one attached hydrogen (secondary N) is 1. The lowest BCUT2D eigenvalue weighted by atomic mass is 10.4. The van der Waals surface area contributed by atoms with E-state index in [1.165, 1.54) is 0 Å². The maximum atomic E-state index is 3.78. The van der Waals surface area contributed by atoms with E-state index in [-0.39, 0.29) is 0 Å². The van der Waals surface area contributed by atoms with Gasteiger partial charge < -0.3 is 5.32 Å². The summed E-state index contributed by atoms with van der Waals surface area (Å²) in [5.41, 5.74) is 1.12. The fraction of sp³-hybridized carbons (Fsp3) is 0.500. The Labute approximate surface area is 50.3 Å². The number of hydrogen-bond acceptors (Lipinski definition) is 2. The Kier molecular flexibility index (Phi) is 3.94. The molecule has 0 spiro atoms. The van der Waals surface area contributed by atoms with Crippen LogP contribution in [0.15, 0.2) is 16.8 Å². The molecule has 46 valence electrons. The smallest absolute Gasteiger partial charge is 0.0277 e. The van der Waals surface area contributed by atoms with Crippen LogP contribution < -0.4 is 5.32 Å². The molecule has 0 saturated heterocycles. The molecular weight excluding hydrogens is 100 g/mol. The van der Waals surface area contributed by atoms with Gasteiger partial charge in [0.1, 0.15) is 0 Å². The lowest BCUT2D eigenvalue weighted by Crippen LogP contribution is -2.00. The van der Waals surface area contributed by atoms with E-state index in [2.05, 4.69) is 10.3 Å². The molecule has 0 aliphatic carbocycles. The van der Waals surface area contributed by atoms with Crippen LogP contribution in [0.4, 0.5) is 0 Å². The van der Waals surface area contributed by atoms with Crippen LogP contribution in [0.2, 0.25) is 0 Å². The van der Waals surface area contributed by atoms with E-state index in [9.17, 15) is 0 Å². The third-order valence-corrected chi connectivity index (χ3v) is 0.868. The standard InChI is InChI=1S/C6H12N2/c1-6(8-3)4-5-7-2/h4-5,8H,1-3H3/b6-4-,7-5-. The van der Waals surface area contributed by atoms with Crippen LogP contribution in [0, 0.1) is 0 Å². The molecule has 0 aliphatic rings. The monoisotopic (exact) mass is 112 g/mol. The minimum absolute atomic E-state index is 1.12. The van der Waals surface area contributed by atoms with E-state index in [4.69, 9.17) is 0 Å². The summed E-state index contributed by atoms with van der Waals surface area (Å²) in [4.78, 5) is 3.78. The molecule has 0 bridgehead atoms. The first-order valence-electron chi connectivity index (χ1n) is 2.58. The second-order valence-corrected chi connectivity index (χ2v) is 1.51. The van der Waals surface area contributed by atoms with E-state index < -0.39 is 0 Å². The highest BCUT2D eigenvalue weighted by Crippen LogP contribution is 1.78. The Hall–Kier alpha value is -0.790. The summed E-state index contributed by atoms with van der Waals surface area (Å²) in [6, 6.07) is 0. The van der Waals surface area contributed by atoms with E-state index in [1.807, 2.05) is 20.0 Å². The average Bonchev–Trinajstić information content (AvgIpc) is 1.83. The Morgan fingerprint density at radius 3 is 2.62 bits per heavy atom. The van der Waals surface area contributed by atoms with Crippen LogP contribution in [0.25, 0.3) is 0 Å². The summed E-state index contributed by atoms with van der Waals surface area (Å²) in [5, 5.41) is 2.97. The third kappa shape index (κ3) is 3.40. The van der Waals surface area contributed by atoms with Crippen molar-refractivity contribution in [2.75, 3.05) is 14.1 Å². The number of hydrogen-bond donors (Lipinski definition) is 1. The Morgan fingerprint density at radius 2 is 2.25 bits per heavy atom. The highest BCUT2D eigenvalue weighted by molar-refractivity contribution is 5.71. The summed E-state index contributed by atoms with van der Waals surface area (Å²) in [5.74, 6) is 0. The normalized spacial score (nSPS) is 12.6. The minimum Gasteiger partial charge on any atom is -0.392 e. The topological polar surface area (TPSA) is 24.4 Å². The number of allylic oxidation sites excluding steroid dienone is 2. The summed E-state index contributed by atoms with van der Waals surface area (Å²) < 4.78 is 0. The highest BCUT2D eigenvalue weighted by atomic mass is 14.8. The minimum atomic E-state index is 1.12. The van der Waals surface area contributed by atoms with Gasteiger partial charge in [-0.3, -0.25) is 4.99 Å². The van der Waals surface area contributed by atoms with Gasteiger partial charge in [0.05, 0.1) is 0 Å². The second-order valence-electron chi connectivity index (χ2n) is 1.51. The maximum absolute atomic E-state index is 3.78. The van der Waals surface area contributed by atoms with Crippen LogP contribution in [0.5, 0.6) is 0 Å². The third-order valence-electron chi connectivity index (χ3n) is 0.868. The van der Waals surface area contributed by atoms with Gasteiger partial charge in [-0.15, -0.1) is 0 Å². The molecule has 0 heterocycles. The number of rotatable bonds is 2. The molecular formula is C6H12N2. The summed E-state index contributed by atoms with van der Waals surface area (Å²) in [6.45, 7) is 1.99. The van der Waals surface area contributed by atoms with Gasteiger partial charge in [0.2, 0.25) is 0 Å². The Morgan fingerprint density at radius 1 is 1.62 bits per heavy atom. The molecule has 0 atom stereocenters. The lowest BCUT2D eigenvalue weighted by molar-refractivity contribution is 0.994. The van der Waals surface area contributed by atoms with Crippen LogP contribution in [-0.4, -0.2) is 20.3 Å². The molecule has 0 rings (SSSR count). The van der Waals surface area contributed by atoms with E-state index in [0.29, 0.717) is 0 Å². The van der Waals surface area contributed by atoms with Gasteiger partial charge >= 0.3 is 0 Å². The molecule has 0 saturated carbocycles. The van der Waals surface area contributed by atoms with Gasteiger partial charge in [-0.1, -0.05) is 0 Å². The molecule has 2 heteroatoms. The van der Waals surface area contributed by atoms with E-state index in [0.717, 1.165) is 5.70 Å². The largest absolute Gasteiger partial charge is 0.392 e. The molecule has 0 aromatic rings. The zero-order valence-electron chi connectivity index (χ0n) is 5.60. The zero-order valence-corrected chi connectivity index (χ0v) is 5.60. The molecule has 0 aromatic heterocycles. The fourth-order valence-electron chi connectivity index (χ4n) is 0.270. The van der Waals surface area contributed by atoms with E-state index in [1.54, 1.807) is 13.3 Å². The van der Waals surface area contributed by atoms with Gasteiger partial charge in [-0.2, -0.15) is 0 Å². The number of aliphatic imine (C=N–C) groups is 1. The summed E-state index contributed by atoms with van der Waals surface area (Å²) in [6.07, 6.45) is 3.67. The predicted octanol–water partition coefficient (Wildman–Crippen LogP) is 0.810. The van der Waals surface area contributed by atoms with Crippen molar-refractivity contribution in [3.63, 3.8) is 0 Å². The quantitative estimate of drug-likeness (QED) is 0.525. The lowest BCUT2D eigenvalue weighted by Gasteiger charge is -1.92. The van der Waals surface area contributed by atoms with Crippen molar-refractivity contribution >= 4 is 6.21 Å². The molecule has 0 aliphatic heterocycles. The van der Waals surface area contributed by atoms with Gasteiger partial charge in [-0.05, 0) is 13.0 Å².